The molecule has 37 heavy (non-hydrogen) atoms. The molecule has 212 valence electrons. The number of ether oxygens (including phenoxy) is 2. The molecule has 0 bridgehead atoms. The molecule has 3 rings (SSSR count). The summed E-state index contributed by atoms with van der Waals surface area (Å²) in [6.45, 7) is 18.5. The molecule has 3 aliphatic rings. The SMILES string of the molecule is CC(C)(C)OC(=O)CCNC(=O)CC1CCN2CCN(CC3CCN(C(=O)OC(C)(C)C)CC3)C[C@H]2C1. The number of carbonyl (C=O) groups excluding carboxylic acids is 3. The fraction of sp³-hybridized carbons (Fsp3) is 0.893. The predicted molar refractivity (Wildman–Crippen MR) is 143 cm³/mol. The van der Waals surface area contributed by atoms with E-state index in [1.54, 1.807) is 0 Å². The maximum atomic E-state index is 12.5. The lowest BCUT2D eigenvalue weighted by Crippen LogP contribution is -2.57. The Balaban J connectivity index is 1.35. The summed E-state index contributed by atoms with van der Waals surface area (Å²) in [5.74, 6) is 0.755. The van der Waals surface area contributed by atoms with Gasteiger partial charge in [-0.3, -0.25) is 14.5 Å². The average Bonchev–Trinajstić information content (AvgIpc) is 2.77. The number of nitrogens with one attached hydrogen (secondary N) is 1. The molecule has 3 saturated heterocycles. The summed E-state index contributed by atoms with van der Waals surface area (Å²) in [6, 6.07) is 0.504. The van der Waals surface area contributed by atoms with Crippen LogP contribution in [-0.2, 0) is 19.1 Å². The van der Waals surface area contributed by atoms with Crippen LogP contribution in [0.2, 0.25) is 0 Å². The van der Waals surface area contributed by atoms with Crippen LogP contribution in [-0.4, -0.2) is 102 Å². The molecule has 1 unspecified atom stereocenters. The van der Waals surface area contributed by atoms with E-state index in [1.807, 2.05) is 46.4 Å². The Labute approximate surface area is 223 Å². The van der Waals surface area contributed by atoms with Crippen molar-refractivity contribution in [3.05, 3.63) is 0 Å². The summed E-state index contributed by atoms with van der Waals surface area (Å²) < 4.78 is 10.8. The van der Waals surface area contributed by atoms with Gasteiger partial charge in [-0.2, -0.15) is 0 Å². The molecule has 2 atom stereocenters. The van der Waals surface area contributed by atoms with Crippen LogP contribution in [0.3, 0.4) is 0 Å². The average molecular weight is 523 g/mol. The second-order valence-electron chi connectivity index (χ2n) is 13.1. The van der Waals surface area contributed by atoms with Gasteiger partial charge in [0.25, 0.3) is 0 Å². The molecular weight excluding hydrogens is 472 g/mol. The van der Waals surface area contributed by atoms with Crippen LogP contribution in [0.25, 0.3) is 0 Å². The molecule has 9 nitrogen and oxygen atoms in total. The van der Waals surface area contributed by atoms with E-state index in [9.17, 15) is 14.4 Å². The fourth-order valence-corrected chi connectivity index (χ4v) is 5.70. The zero-order valence-electron chi connectivity index (χ0n) is 24.0. The van der Waals surface area contributed by atoms with Crippen LogP contribution in [0.4, 0.5) is 4.79 Å². The third-order valence-corrected chi connectivity index (χ3v) is 7.45. The van der Waals surface area contributed by atoms with Crippen LogP contribution in [0.15, 0.2) is 0 Å². The van der Waals surface area contributed by atoms with Crippen molar-refractivity contribution in [1.29, 1.82) is 0 Å². The van der Waals surface area contributed by atoms with Crippen LogP contribution < -0.4 is 5.32 Å². The van der Waals surface area contributed by atoms with Gasteiger partial charge in [-0.25, -0.2) is 4.79 Å². The molecule has 0 aromatic rings. The van der Waals surface area contributed by atoms with Crippen molar-refractivity contribution in [2.24, 2.45) is 11.8 Å². The smallest absolute Gasteiger partial charge is 0.410 e. The maximum Gasteiger partial charge on any atom is 0.410 e. The first-order chi connectivity index (χ1) is 17.3. The number of carbonyl (C=O) groups is 3. The van der Waals surface area contributed by atoms with Crippen LogP contribution in [0, 0.1) is 11.8 Å². The Bertz CT molecular complexity index is 782. The Kier molecular flexibility index (Phi) is 10.3. The normalized spacial score (nSPS) is 24.3. The molecular formula is C28H50N4O5. The zero-order chi connectivity index (χ0) is 27.2. The first-order valence-corrected chi connectivity index (χ1v) is 14.2. The lowest BCUT2D eigenvalue weighted by molar-refractivity contribution is -0.154. The Morgan fingerprint density at radius 1 is 0.838 bits per heavy atom. The van der Waals surface area contributed by atoms with Gasteiger partial charge in [0, 0.05) is 58.3 Å². The van der Waals surface area contributed by atoms with Crippen molar-refractivity contribution < 1.29 is 23.9 Å². The minimum Gasteiger partial charge on any atom is -0.460 e. The fourth-order valence-electron chi connectivity index (χ4n) is 5.70. The van der Waals surface area contributed by atoms with E-state index >= 15 is 0 Å². The van der Waals surface area contributed by atoms with Gasteiger partial charge >= 0.3 is 12.1 Å². The van der Waals surface area contributed by atoms with Gasteiger partial charge in [0.2, 0.25) is 5.91 Å². The van der Waals surface area contributed by atoms with Crippen molar-refractivity contribution in [3.8, 4) is 0 Å². The van der Waals surface area contributed by atoms with Gasteiger partial charge in [-0.1, -0.05) is 0 Å². The van der Waals surface area contributed by atoms with Gasteiger partial charge in [0.05, 0.1) is 6.42 Å². The minimum absolute atomic E-state index is 0.0337. The number of hydrogen-bond donors (Lipinski definition) is 1. The number of nitrogens with zero attached hydrogens (tertiary/aromatic N) is 3. The van der Waals surface area contributed by atoms with Gasteiger partial charge in [-0.15, -0.1) is 0 Å². The maximum absolute atomic E-state index is 12.5. The Morgan fingerprint density at radius 2 is 1.49 bits per heavy atom. The predicted octanol–water partition coefficient (Wildman–Crippen LogP) is 3.27. The summed E-state index contributed by atoms with van der Waals surface area (Å²) in [6.07, 6.45) is 4.69. The summed E-state index contributed by atoms with van der Waals surface area (Å²) in [7, 11) is 0. The van der Waals surface area contributed by atoms with Crippen molar-refractivity contribution in [2.45, 2.75) is 97.3 Å². The van der Waals surface area contributed by atoms with Crippen LogP contribution >= 0.6 is 0 Å². The number of rotatable bonds is 7. The molecule has 0 saturated carbocycles. The molecule has 0 radical (unpaired) electrons. The van der Waals surface area contributed by atoms with Crippen LogP contribution in [0.1, 0.15) is 80.1 Å². The Hall–Kier alpha value is -1.87. The highest BCUT2D eigenvalue weighted by molar-refractivity contribution is 5.77. The van der Waals surface area contributed by atoms with Crippen molar-refractivity contribution in [2.75, 3.05) is 52.4 Å². The molecule has 0 aliphatic carbocycles. The van der Waals surface area contributed by atoms with Crippen molar-refractivity contribution >= 4 is 18.0 Å². The van der Waals surface area contributed by atoms with E-state index in [1.165, 1.54) is 0 Å². The summed E-state index contributed by atoms with van der Waals surface area (Å²) in [5.41, 5.74) is -0.952. The minimum atomic E-state index is -0.500. The standard InChI is InChI=1S/C28H50N4O5/c1-27(2,3)36-25(34)7-11-29-24(33)18-22-10-12-31-16-15-30(20-23(31)17-22)19-21-8-13-32(14-9-21)26(35)37-28(4,5)6/h21-23H,7-20H2,1-6H3,(H,29,33)/t22?,23-/m1/s1. The number of likely N-dealkylation sites (tertiary alicyclic amines) is 1. The summed E-state index contributed by atoms with van der Waals surface area (Å²) in [4.78, 5) is 43.7. The summed E-state index contributed by atoms with van der Waals surface area (Å²) in [5, 5.41) is 2.90. The third-order valence-electron chi connectivity index (χ3n) is 7.45. The van der Waals surface area contributed by atoms with E-state index < -0.39 is 11.2 Å². The van der Waals surface area contributed by atoms with E-state index in [0.717, 1.165) is 71.5 Å². The van der Waals surface area contributed by atoms with Crippen LogP contribution in [0.5, 0.6) is 0 Å². The molecule has 2 amide bonds. The first-order valence-electron chi connectivity index (χ1n) is 14.2. The molecule has 0 aromatic heterocycles. The van der Waals surface area contributed by atoms with E-state index in [0.29, 0.717) is 30.8 Å². The number of hydrogen-bond acceptors (Lipinski definition) is 7. The highest BCUT2D eigenvalue weighted by Crippen LogP contribution is 2.29. The molecule has 1 N–H and O–H groups in total. The highest BCUT2D eigenvalue weighted by Gasteiger charge is 2.35. The van der Waals surface area contributed by atoms with Gasteiger partial charge < -0.3 is 24.6 Å². The first kappa shape index (κ1) is 29.7. The monoisotopic (exact) mass is 522 g/mol. The van der Waals surface area contributed by atoms with E-state index in [2.05, 4.69) is 15.1 Å². The molecule has 3 aliphatic heterocycles. The lowest BCUT2D eigenvalue weighted by atomic mass is 9.86. The highest BCUT2D eigenvalue weighted by atomic mass is 16.6. The Morgan fingerprint density at radius 3 is 2.14 bits per heavy atom. The van der Waals surface area contributed by atoms with Gasteiger partial charge in [0.15, 0.2) is 0 Å². The lowest BCUT2D eigenvalue weighted by Gasteiger charge is -2.47. The summed E-state index contributed by atoms with van der Waals surface area (Å²) >= 11 is 0. The zero-order valence-corrected chi connectivity index (χ0v) is 24.0. The quantitative estimate of drug-likeness (QED) is 0.513. The molecule has 9 heteroatoms. The van der Waals surface area contributed by atoms with E-state index in [4.69, 9.17) is 9.47 Å². The number of amides is 2. The molecule has 0 spiro atoms. The third kappa shape index (κ3) is 10.4. The van der Waals surface area contributed by atoms with Crippen molar-refractivity contribution in [3.63, 3.8) is 0 Å². The van der Waals surface area contributed by atoms with Crippen molar-refractivity contribution in [1.82, 2.24) is 20.0 Å². The molecule has 0 aromatic carbocycles. The van der Waals surface area contributed by atoms with E-state index in [-0.39, 0.29) is 24.4 Å². The molecule has 3 fully saturated rings. The number of fused-ring (bicyclic) bond motifs is 1. The topological polar surface area (TPSA) is 91.4 Å². The largest absolute Gasteiger partial charge is 0.460 e. The second-order valence-corrected chi connectivity index (χ2v) is 13.1. The van der Waals surface area contributed by atoms with Gasteiger partial charge in [0.1, 0.15) is 11.2 Å². The molecule has 3 heterocycles. The number of piperidine rings is 2. The number of esters is 1. The second kappa shape index (κ2) is 12.8. The number of piperazine rings is 1. The van der Waals surface area contributed by atoms with Gasteiger partial charge in [-0.05, 0) is 85.6 Å².